The molecule has 176 valence electrons. The lowest BCUT2D eigenvalue weighted by Crippen LogP contribution is -2.42. The minimum Gasteiger partial charge on any atom is -0.465 e. The predicted octanol–water partition coefficient (Wildman–Crippen LogP) is 3.68. The first-order chi connectivity index (χ1) is 15.9. The van der Waals surface area contributed by atoms with Crippen LogP contribution in [0, 0.1) is 11.7 Å². The molecule has 0 radical (unpaired) electrons. The van der Waals surface area contributed by atoms with E-state index in [4.69, 9.17) is 4.52 Å². The summed E-state index contributed by atoms with van der Waals surface area (Å²) >= 11 is 0. The van der Waals surface area contributed by atoms with Gasteiger partial charge in [-0.2, -0.15) is 14.8 Å². The second-order valence-electron chi connectivity index (χ2n) is 9.47. The van der Waals surface area contributed by atoms with Crippen LogP contribution in [0.3, 0.4) is 0 Å². The van der Waals surface area contributed by atoms with E-state index in [9.17, 15) is 14.3 Å². The molecule has 0 aliphatic carbocycles. The molecule has 1 N–H and O–H groups in total. The lowest BCUT2D eigenvalue weighted by Gasteiger charge is -2.26. The Labute approximate surface area is 191 Å². The maximum atomic E-state index is 14.6. The largest absolute Gasteiger partial charge is 0.465 e. The molecule has 0 spiro atoms. The summed E-state index contributed by atoms with van der Waals surface area (Å²) in [6, 6.07) is 5.04. The third-order valence-corrected chi connectivity index (χ3v) is 6.80. The Kier molecular flexibility index (Phi) is 5.77. The normalized spacial score (nSPS) is 21.6. The number of rotatable bonds is 6. The summed E-state index contributed by atoms with van der Waals surface area (Å²) < 4.78 is 21.6. The Morgan fingerprint density at radius 3 is 2.94 bits per heavy atom. The number of amides is 1. The molecule has 1 aromatic carbocycles. The third-order valence-electron chi connectivity index (χ3n) is 6.80. The minimum absolute atomic E-state index is 0.0782. The molecule has 9 nitrogen and oxygen atoms in total. The van der Waals surface area contributed by atoms with Gasteiger partial charge in [-0.15, -0.1) is 0 Å². The average Bonchev–Trinajstić information content (AvgIpc) is 3.54. The Balaban J connectivity index is 1.27. The van der Waals surface area contributed by atoms with Crippen LogP contribution in [0.25, 0.3) is 16.9 Å². The van der Waals surface area contributed by atoms with E-state index in [0.717, 1.165) is 50.0 Å². The third kappa shape index (κ3) is 4.19. The molecular formula is C23H29FN6O3. The van der Waals surface area contributed by atoms with Crippen LogP contribution in [0.5, 0.6) is 0 Å². The minimum atomic E-state index is -0.824. The van der Waals surface area contributed by atoms with Crippen molar-refractivity contribution in [3.05, 3.63) is 35.6 Å². The van der Waals surface area contributed by atoms with Gasteiger partial charge < -0.3 is 19.4 Å². The molecule has 1 amide bonds. The van der Waals surface area contributed by atoms with Crippen LogP contribution >= 0.6 is 0 Å². The van der Waals surface area contributed by atoms with Crippen LogP contribution in [-0.4, -0.2) is 73.1 Å². The first-order valence-electron chi connectivity index (χ1n) is 11.6. The van der Waals surface area contributed by atoms with Gasteiger partial charge in [-0.05, 0) is 48.9 Å². The van der Waals surface area contributed by atoms with Crippen molar-refractivity contribution in [3.8, 4) is 5.95 Å². The molecule has 0 bridgehead atoms. The number of fused-ring (bicyclic) bond motifs is 1. The molecule has 2 aromatic heterocycles. The van der Waals surface area contributed by atoms with Crippen molar-refractivity contribution >= 4 is 17.0 Å². The number of nitrogens with zero attached hydrogens (tertiary/aromatic N) is 6. The van der Waals surface area contributed by atoms with E-state index in [1.807, 2.05) is 19.9 Å². The van der Waals surface area contributed by atoms with Gasteiger partial charge in [0.15, 0.2) is 0 Å². The standard InChI is InChI=1S/C23H29FN6O3/c1-14(2)20-17-6-3-7-18(24)21(17)30(26-20)22-25-19(33-27-22)11-15-8-10-28(12-15)13-16-5-4-9-29(16)23(31)32/h3,6-7,14-16H,4-5,8-13H2,1-2H3,(H,31,32)/t15-,16-/m0/s1. The molecule has 2 aliphatic rings. The zero-order chi connectivity index (χ0) is 23.1. The van der Waals surface area contributed by atoms with Gasteiger partial charge in [-0.3, -0.25) is 0 Å². The molecule has 0 unspecified atom stereocenters. The number of benzene rings is 1. The second kappa shape index (κ2) is 8.74. The Morgan fingerprint density at radius 2 is 2.15 bits per heavy atom. The van der Waals surface area contributed by atoms with E-state index in [2.05, 4.69) is 20.1 Å². The van der Waals surface area contributed by atoms with Crippen molar-refractivity contribution < 1.29 is 18.8 Å². The number of hydrogen-bond acceptors (Lipinski definition) is 6. The fraction of sp³-hybridized carbons (Fsp3) is 0.565. The molecule has 3 aromatic rings. The van der Waals surface area contributed by atoms with Crippen LogP contribution in [-0.2, 0) is 6.42 Å². The van der Waals surface area contributed by atoms with Gasteiger partial charge in [0.1, 0.15) is 11.3 Å². The number of para-hydroxylation sites is 1. The van der Waals surface area contributed by atoms with Crippen LogP contribution in [0.2, 0.25) is 0 Å². The molecular weight excluding hydrogens is 427 g/mol. The van der Waals surface area contributed by atoms with E-state index in [-0.39, 0.29) is 23.7 Å². The number of likely N-dealkylation sites (tertiary alicyclic amines) is 2. The summed E-state index contributed by atoms with van der Waals surface area (Å²) in [4.78, 5) is 19.8. The highest BCUT2D eigenvalue weighted by atomic mass is 19.1. The van der Waals surface area contributed by atoms with E-state index in [1.165, 1.54) is 10.7 Å². The van der Waals surface area contributed by atoms with Crippen molar-refractivity contribution in [1.82, 2.24) is 29.7 Å². The fourth-order valence-corrected chi connectivity index (χ4v) is 5.20. The number of hydrogen-bond donors (Lipinski definition) is 1. The van der Waals surface area contributed by atoms with Crippen molar-refractivity contribution in [2.24, 2.45) is 5.92 Å². The number of aromatic nitrogens is 4. The van der Waals surface area contributed by atoms with Crippen LogP contribution in [0.1, 0.15) is 50.6 Å². The van der Waals surface area contributed by atoms with Crippen molar-refractivity contribution in [2.45, 2.75) is 51.5 Å². The molecule has 2 aliphatic heterocycles. The summed E-state index contributed by atoms with van der Waals surface area (Å²) in [5.41, 5.74) is 1.16. The predicted molar refractivity (Wildman–Crippen MR) is 119 cm³/mol. The van der Waals surface area contributed by atoms with Gasteiger partial charge in [0.05, 0.1) is 5.69 Å². The van der Waals surface area contributed by atoms with Crippen LogP contribution < -0.4 is 0 Å². The van der Waals surface area contributed by atoms with Crippen molar-refractivity contribution in [3.63, 3.8) is 0 Å². The van der Waals surface area contributed by atoms with E-state index >= 15 is 0 Å². The molecule has 2 saturated heterocycles. The Bertz CT molecular complexity index is 1160. The molecule has 33 heavy (non-hydrogen) atoms. The monoisotopic (exact) mass is 456 g/mol. The van der Waals surface area contributed by atoms with E-state index < -0.39 is 6.09 Å². The summed E-state index contributed by atoms with van der Waals surface area (Å²) in [7, 11) is 0. The van der Waals surface area contributed by atoms with E-state index in [1.54, 1.807) is 11.0 Å². The van der Waals surface area contributed by atoms with Gasteiger partial charge in [-0.25, -0.2) is 9.18 Å². The van der Waals surface area contributed by atoms with Gasteiger partial charge in [0.25, 0.3) is 5.95 Å². The molecule has 2 atom stereocenters. The second-order valence-corrected chi connectivity index (χ2v) is 9.47. The van der Waals surface area contributed by atoms with Gasteiger partial charge in [-0.1, -0.05) is 26.0 Å². The SMILES string of the molecule is CC(C)c1nn(-c2noc(C[C@@H]3CCN(C[C@@H]4CCCN4C(=O)O)C3)n2)c2c(F)cccc12. The van der Waals surface area contributed by atoms with Gasteiger partial charge in [0, 0.05) is 37.5 Å². The number of carbonyl (C=O) groups is 1. The topological polar surface area (TPSA) is 101 Å². The smallest absolute Gasteiger partial charge is 0.407 e. The molecule has 4 heterocycles. The summed E-state index contributed by atoms with van der Waals surface area (Å²) in [5, 5.41) is 18.8. The van der Waals surface area contributed by atoms with Crippen LogP contribution in [0.15, 0.2) is 22.7 Å². The zero-order valence-electron chi connectivity index (χ0n) is 18.9. The molecule has 0 saturated carbocycles. The lowest BCUT2D eigenvalue weighted by molar-refractivity contribution is 0.128. The Morgan fingerprint density at radius 1 is 1.30 bits per heavy atom. The fourth-order valence-electron chi connectivity index (χ4n) is 5.20. The number of carboxylic acid groups (broad SMARTS) is 1. The maximum Gasteiger partial charge on any atom is 0.407 e. The average molecular weight is 457 g/mol. The first-order valence-corrected chi connectivity index (χ1v) is 11.6. The van der Waals surface area contributed by atoms with Crippen molar-refractivity contribution in [2.75, 3.05) is 26.2 Å². The summed E-state index contributed by atoms with van der Waals surface area (Å²) in [6.45, 7) is 7.25. The highest BCUT2D eigenvalue weighted by Crippen LogP contribution is 2.29. The quantitative estimate of drug-likeness (QED) is 0.604. The summed E-state index contributed by atoms with van der Waals surface area (Å²) in [6.07, 6.45) is 2.66. The summed E-state index contributed by atoms with van der Waals surface area (Å²) in [5.74, 6) is 0.867. The van der Waals surface area contributed by atoms with Crippen LogP contribution in [0.4, 0.5) is 9.18 Å². The van der Waals surface area contributed by atoms with Crippen molar-refractivity contribution in [1.29, 1.82) is 0 Å². The maximum absolute atomic E-state index is 14.6. The molecule has 2 fully saturated rings. The van der Waals surface area contributed by atoms with Gasteiger partial charge in [0.2, 0.25) is 5.89 Å². The molecule has 10 heteroatoms. The Hall–Kier alpha value is -3.01. The first kappa shape index (κ1) is 21.8. The number of halogens is 1. The highest BCUT2D eigenvalue weighted by molar-refractivity contribution is 5.84. The highest BCUT2D eigenvalue weighted by Gasteiger charge is 2.33. The lowest BCUT2D eigenvalue weighted by atomic mass is 10.1. The van der Waals surface area contributed by atoms with E-state index in [0.29, 0.717) is 30.3 Å². The van der Waals surface area contributed by atoms with Gasteiger partial charge >= 0.3 is 6.09 Å². The molecule has 5 rings (SSSR count). The zero-order valence-corrected chi connectivity index (χ0v) is 18.9.